The van der Waals surface area contributed by atoms with Crippen molar-refractivity contribution in [2.75, 3.05) is 12.4 Å². The molecular formula is C14H9BrF2N2O. The number of halogens is 3. The van der Waals surface area contributed by atoms with Crippen LogP contribution in [0.5, 0.6) is 5.75 Å². The third-order valence-electron chi connectivity index (χ3n) is 2.61. The Bertz CT molecular complexity index is 675. The van der Waals surface area contributed by atoms with Crippen molar-refractivity contribution in [1.29, 1.82) is 5.26 Å². The number of nitriles is 1. The molecule has 1 N–H and O–H groups in total. The van der Waals surface area contributed by atoms with Crippen LogP contribution in [0, 0.1) is 23.0 Å². The largest absolute Gasteiger partial charge is 0.497 e. The molecule has 6 heteroatoms. The molecule has 0 heterocycles. The van der Waals surface area contributed by atoms with Crippen LogP contribution in [0.3, 0.4) is 0 Å². The molecule has 0 aromatic heterocycles. The fraction of sp³-hybridized carbons (Fsp3) is 0.0714. The summed E-state index contributed by atoms with van der Waals surface area (Å²) >= 11 is 3.08. The lowest BCUT2D eigenvalue weighted by atomic mass is 10.1. The summed E-state index contributed by atoms with van der Waals surface area (Å²) < 4.78 is 32.1. The Hall–Kier alpha value is -2.13. The smallest absolute Gasteiger partial charge is 0.150 e. The fourth-order valence-corrected chi connectivity index (χ4v) is 2.15. The molecule has 3 nitrogen and oxygen atoms in total. The van der Waals surface area contributed by atoms with Crippen LogP contribution in [-0.4, -0.2) is 7.11 Å². The molecule has 102 valence electrons. The second-order valence-electron chi connectivity index (χ2n) is 3.89. The van der Waals surface area contributed by atoms with Crippen molar-refractivity contribution in [2.24, 2.45) is 0 Å². The Morgan fingerprint density at radius 3 is 2.60 bits per heavy atom. The van der Waals surface area contributed by atoms with Gasteiger partial charge in [-0.3, -0.25) is 0 Å². The second-order valence-corrected chi connectivity index (χ2v) is 4.75. The van der Waals surface area contributed by atoms with Crippen LogP contribution in [0.25, 0.3) is 0 Å². The summed E-state index contributed by atoms with van der Waals surface area (Å²) in [6.45, 7) is 0. The fourth-order valence-electron chi connectivity index (χ4n) is 1.65. The summed E-state index contributed by atoms with van der Waals surface area (Å²) in [6, 6.07) is 8.63. The molecule has 0 bridgehead atoms. The van der Waals surface area contributed by atoms with E-state index in [-0.39, 0.29) is 10.2 Å². The molecular weight excluding hydrogens is 330 g/mol. The van der Waals surface area contributed by atoms with Gasteiger partial charge in [0.1, 0.15) is 17.6 Å². The molecule has 0 fully saturated rings. The highest BCUT2D eigenvalue weighted by Crippen LogP contribution is 2.32. The molecule has 0 saturated heterocycles. The van der Waals surface area contributed by atoms with Gasteiger partial charge in [0.25, 0.3) is 0 Å². The van der Waals surface area contributed by atoms with E-state index in [1.54, 1.807) is 18.2 Å². The molecule has 0 aliphatic heterocycles. The number of anilines is 2. The summed E-state index contributed by atoms with van der Waals surface area (Å²) in [5.74, 6) is -0.931. The van der Waals surface area contributed by atoms with Crippen molar-refractivity contribution < 1.29 is 13.5 Å². The number of hydrogen-bond donors (Lipinski definition) is 1. The predicted octanol–water partition coefficient (Wildman–Crippen LogP) is 4.35. The van der Waals surface area contributed by atoms with Crippen molar-refractivity contribution in [3.8, 4) is 11.8 Å². The standard InChI is InChI=1S/C14H9BrF2N2O/c1-20-10-3-2-8(7-18)13(6-10)19-14-11(15)4-9(16)5-12(14)17/h2-6,19H,1H3. The number of methoxy groups -OCH3 is 1. The number of rotatable bonds is 3. The SMILES string of the molecule is COc1ccc(C#N)c(Nc2c(F)cc(F)cc2Br)c1. The Labute approximate surface area is 122 Å². The minimum atomic E-state index is -0.761. The van der Waals surface area contributed by atoms with Crippen LogP contribution in [-0.2, 0) is 0 Å². The average Bonchev–Trinajstić information content (AvgIpc) is 2.42. The van der Waals surface area contributed by atoms with Crippen molar-refractivity contribution in [3.63, 3.8) is 0 Å². The predicted molar refractivity (Wildman–Crippen MR) is 75.0 cm³/mol. The topological polar surface area (TPSA) is 45.0 Å². The van der Waals surface area contributed by atoms with Crippen molar-refractivity contribution in [3.05, 3.63) is 52.0 Å². The van der Waals surface area contributed by atoms with Crippen LogP contribution >= 0.6 is 15.9 Å². The second kappa shape index (κ2) is 5.88. The summed E-state index contributed by atoms with van der Waals surface area (Å²) in [5.41, 5.74) is 0.746. The summed E-state index contributed by atoms with van der Waals surface area (Å²) in [6.07, 6.45) is 0. The zero-order valence-electron chi connectivity index (χ0n) is 10.4. The Morgan fingerprint density at radius 1 is 1.25 bits per heavy atom. The molecule has 0 radical (unpaired) electrons. The van der Waals surface area contributed by atoms with Gasteiger partial charge in [-0.2, -0.15) is 5.26 Å². The first kappa shape index (κ1) is 14.3. The number of benzene rings is 2. The molecule has 20 heavy (non-hydrogen) atoms. The van der Waals surface area contributed by atoms with Crippen LogP contribution in [0.15, 0.2) is 34.8 Å². The maximum absolute atomic E-state index is 13.8. The highest BCUT2D eigenvalue weighted by Gasteiger charge is 2.12. The van der Waals surface area contributed by atoms with Crippen LogP contribution in [0.2, 0.25) is 0 Å². The zero-order valence-corrected chi connectivity index (χ0v) is 12.0. The molecule has 2 rings (SSSR count). The van der Waals surface area contributed by atoms with Gasteiger partial charge in [-0.15, -0.1) is 0 Å². The van der Waals surface area contributed by atoms with E-state index in [0.29, 0.717) is 17.0 Å². The summed E-state index contributed by atoms with van der Waals surface area (Å²) in [4.78, 5) is 0. The normalized spacial score (nSPS) is 9.95. The first-order valence-electron chi connectivity index (χ1n) is 5.55. The Morgan fingerprint density at radius 2 is 2.00 bits per heavy atom. The highest BCUT2D eigenvalue weighted by molar-refractivity contribution is 9.10. The maximum Gasteiger partial charge on any atom is 0.150 e. The lowest BCUT2D eigenvalue weighted by molar-refractivity contribution is 0.415. The van der Waals surface area contributed by atoms with Crippen LogP contribution in [0.1, 0.15) is 5.56 Å². The number of ether oxygens (including phenoxy) is 1. The summed E-state index contributed by atoms with van der Waals surface area (Å²) in [7, 11) is 1.49. The van der Waals surface area contributed by atoms with Crippen LogP contribution < -0.4 is 10.1 Å². The van der Waals surface area contributed by atoms with Gasteiger partial charge in [-0.25, -0.2) is 8.78 Å². The van der Waals surface area contributed by atoms with Crippen molar-refractivity contribution >= 4 is 27.3 Å². The molecule has 2 aromatic rings. The number of nitrogens with one attached hydrogen (secondary N) is 1. The Kier molecular flexibility index (Phi) is 4.20. The minimum absolute atomic E-state index is 0.0520. The molecule has 0 aliphatic carbocycles. The van der Waals surface area contributed by atoms with E-state index in [1.165, 1.54) is 7.11 Å². The first-order valence-corrected chi connectivity index (χ1v) is 6.34. The molecule has 0 saturated carbocycles. The van der Waals surface area contributed by atoms with Gasteiger partial charge in [-0.05, 0) is 34.1 Å². The van der Waals surface area contributed by atoms with E-state index in [2.05, 4.69) is 21.2 Å². The van der Waals surface area contributed by atoms with Gasteiger partial charge in [0.2, 0.25) is 0 Å². The van der Waals surface area contributed by atoms with Gasteiger partial charge < -0.3 is 10.1 Å². The first-order chi connectivity index (χ1) is 9.55. The van der Waals surface area contributed by atoms with Crippen molar-refractivity contribution in [2.45, 2.75) is 0 Å². The Balaban J connectivity index is 2.47. The van der Waals surface area contributed by atoms with Gasteiger partial charge in [0, 0.05) is 16.6 Å². The van der Waals surface area contributed by atoms with Gasteiger partial charge >= 0.3 is 0 Å². The highest BCUT2D eigenvalue weighted by atomic mass is 79.9. The van der Waals surface area contributed by atoms with E-state index < -0.39 is 11.6 Å². The number of hydrogen-bond acceptors (Lipinski definition) is 3. The lowest BCUT2D eigenvalue weighted by Crippen LogP contribution is -1.99. The quantitative estimate of drug-likeness (QED) is 0.904. The average molecular weight is 339 g/mol. The monoisotopic (exact) mass is 338 g/mol. The van der Waals surface area contributed by atoms with E-state index in [9.17, 15) is 8.78 Å². The molecule has 0 amide bonds. The van der Waals surface area contributed by atoms with E-state index in [0.717, 1.165) is 12.1 Å². The molecule has 2 aromatic carbocycles. The van der Waals surface area contributed by atoms with E-state index in [4.69, 9.17) is 10.00 Å². The summed E-state index contributed by atoms with van der Waals surface area (Å²) in [5, 5.41) is 11.8. The maximum atomic E-state index is 13.8. The van der Waals surface area contributed by atoms with Gasteiger partial charge in [-0.1, -0.05) is 0 Å². The number of nitrogens with zero attached hydrogens (tertiary/aromatic N) is 1. The molecule has 0 unspecified atom stereocenters. The minimum Gasteiger partial charge on any atom is -0.497 e. The van der Waals surface area contributed by atoms with Gasteiger partial charge in [0.15, 0.2) is 5.82 Å². The lowest BCUT2D eigenvalue weighted by Gasteiger charge is -2.12. The van der Waals surface area contributed by atoms with E-state index in [1.807, 2.05) is 6.07 Å². The van der Waals surface area contributed by atoms with E-state index >= 15 is 0 Å². The molecule has 0 spiro atoms. The van der Waals surface area contributed by atoms with Gasteiger partial charge in [0.05, 0.1) is 24.0 Å². The molecule has 0 atom stereocenters. The zero-order chi connectivity index (χ0) is 14.7. The van der Waals surface area contributed by atoms with Crippen molar-refractivity contribution in [1.82, 2.24) is 0 Å². The third-order valence-corrected chi connectivity index (χ3v) is 3.24. The van der Waals surface area contributed by atoms with Crippen LogP contribution in [0.4, 0.5) is 20.2 Å². The molecule has 0 aliphatic rings. The third kappa shape index (κ3) is 2.89.